The molecular weight excluding hydrogens is 132 g/mol. The van der Waals surface area contributed by atoms with Crippen molar-refractivity contribution in [1.29, 1.82) is 0 Å². The SMILES string of the molecule is C[C@@H](O)[C@H](N)C(=O)N(C)C. The molecule has 0 saturated carbocycles. The van der Waals surface area contributed by atoms with Crippen molar-refractivity contribution in [3.63, 3.8) is 0 Å². The van der Waals surface area contributed by atoms with Crippen molar-refractivity contribution in [2.45, 2.75) is 19.1 Å². The normalized spacial score (nSPS) is 16.1. The Morgan fingerprint density at radius 2 is 2.00 bits per heavy atom. The second-order valence-electron chi connectivity index (χ2n) is 2.50. The quantitative estimate of drug-likeness (QED) is 0.513. The maximum atomic E-state index is 10.9. The van der Waals surface area contributed by atoms with E-state index in [0.29, 0.717) is 0 Å². The third kappa shape index (κ3) is 2.33. The first-order chi connectivity index (χ1) is 4.46. The van der Waals surface area contributed by atoms with E-state index in [2.05, 4.69) is 0 Å². The summed E-state index contributed by atoms with van der Waals surface area (Å²) in [5.74, 6) is -0.255. The van der Waals surface area contributed by atoms with Crippen molar-refractivity contribution < 1.29 is 9.90 Å². The van der Waals surface area contributed by atoms with E-state index in [1.165, 1.54) is 11.8 Å². The molecule has 0 spiro atoms. The first-order valence-corrected chi connectivity index (χ1v) is 3.11. The van der Waals surface area contributed by atoms with Crippen LogP contribution in [0.15, 0.2) is 0 Å². The molecule has 0 radical (unpaired) electrons. The van der Waals surface area contributed by atoms with Gasteiger partial charge in [-0.3, -0.25) is 4.79 Å². The highest BCUT2D eigenvalue weighted by Gasteiger charge is 2.19. The molecule has 1 amide bonds. The third-order valence-electron chi connectivity index (χ3n) is 1.25. The Kier molecular flexibility index (Phi) is 3.32. The lowest BCUT2D eigenvalue weighted by molar-refractivity contribution is -0.132. The standard InChI is InChI=1S/C6H14N2O2/c1-4(9)5(7)6(10)8(2)3/h4-5,9H,7H2,1-3H3/t4-,5+/m1/s1. The Balaban J connectivity index is 3.95. The molecule has 0 unspecified atom stereocenters. The first-order valence-electron chi connectivity index (χ1n) is 3.11. The molecule has 0 aliphatic carbocycles. The molecule has 2 atom stereocenters. The van der Waals surface area contributed by atoms with Crippen molar-refractivity contribution in [1.82, 2.24) is 4.90 Å². The van der Waals surface area contributed by atoms with Gasteiger partial charge in [0, 0.05) is 14.1 Å². The molecule has 0 aromatic carbocycles. The fourth-order valence-corrected chi connectivity index (χ4v) is 0.504. The van der Waals surface area contributed by atoms with Crippen molar-refractivity contribution in [2.75, 3.05) is 14.1 Å². The number of likely N-dealkylation sites (N-methyl/N-ethyl adjacent to an activating group) is 1. The summed E-state index contributed by atoms with van der Waals surface area (Å²) in [5.41, 5.74) is 5.32. The van der Waals surface area contributed by atoms with Crippen molar-refractivity contribution in [2.24, 2.45) is 5.73 Å². The molecule has 0 aromatic rings. The molecule has 0 rings (SSSR count). The van der Waals surface area contributed by atoms with Gasteiger partial charge in [0.25, 0.3) is 0 Å². The van der Waals surface area contributed by atoms with E-state index in [4.69, 9.17) is 10.8 Å². The Morgan fingerprint density at radius 1 is 1.60 bits per heavy atom. The minimum absolute atomic E-state index is 0.255. The highest BCUT2D eigenvalue weighted by molar-refractivity contribution is 5.81. The summed E-state index contributed by atoms with van der Waals surface area (Å²) in [7, 11) is 3.20. The molecule has 0 saturated heterocycles. The van der Waals surface area contributed by atoms with E-state index in [1.54, 1.807) is 14.1 Å². The van der Waals surface area contributed by atoms with Gasteiger partial charge in [0.2, 0.25) is 5.91 Å². The predicted molar refractivity (Wildman–Crippen MR) is 38.4 cm³/mol. The summed E-state index contributed by atoms with van der Waals surface area (Å²) in [6.07, 6.45) is -0.783. The average molecular weight is 146 g/mol. The van der Waals surface area contributed by atoms with E-state index in [-0.39, 0.29) is 5.91 Å². The van der Waals surface area contributed by atoms with Gasteiger partial charge in [0.15, 0.2) is 0 Å². The monoisotopic (exact) mass is 146 g/mol. The number of amides is 1. The molecule has 0 fully saturated rings. The van der Waals surface area contributed by atoms with E-state index >= 15 is 0 Å². The van der Waals surface area contributed by atoms with E-state index in [0.717, 1.165) is 0 Å². The van der Waals surface area contributed by atoms with Gasteiger partial charge in [-0.25, -0.2) is 0 Å². The molecule has 4 heteroatoms. The van der Waals surface area contributed by atoms with E-state index < -0.39 is 12.1 Å². The van der Waals surface area contributed by atoms with Gasteiger partial charge >= 0.3 is 0 Å². The first kappa shape index (κ1) is 9.39. The Morgan fingerprint density at radius 3 is 2.10 bits per heavy atom. The summed E-state index contributed by atoms with van der Waals surface area (Å²) in [6, 6.07) is -0.796. The zero-order valence-corrected chi connectivity index (χ0v) is 6.53. The lowest BCUT2D eigenvalue weighted by atomic mass is 10.2. The number of nitrogens with zero attached hydrogens (tertiary/aromatic N) is 1. The molecule has 0 aromatic heterocycles. The molecule has 0 aliphatic heterocycles. The number of hydrogen-bond donors (Lipinski definition) is 2. The average Bonchev–Trinajstić information content (AvgIpc) is 1.84. The highest BCUT2D eigenvalue weighted by atomic mass is 16.3. The number of nitrogens with two attached hydrogens (primary N) is 1. The van der Waals surface area contributed by atoms with Crippen LogP contribution in [0.4, 0.5) is 0 Å². The molecule has 0 bridgehead atoms. The Hall–Kier alpha value is -0.610. The van der Waals surface area contributed by atoms with Crippen LogP contribution in [0.2, 0.25) is 0 Å². The summed E-state index contributed by atoms with van der Waals surface area (Å²) in [6.45, 7) is 1.49. The highest BCUT2D eigenvalue weighted by Crippen LogP contribution is 1.91. The van der Waals surface area contributed by atoms with Gasteiger partial charge < -0.3 is 15.7 Å². The number of hydrogen-bond acceptors (Lipinski definition) is 3. The number of aliphatic hydroxyl groups is 1. The van der Waals surface area contributed by atoms with Crippen LogP contribution < -0.4 is 5.73 Å². The molecule has 0 aliphatic rings. The van der Waals surface area contributed by atoms with Crippen LogP contribution >= 0.6 is 0 Å². The van der Waals surface area contributed by atoms with Crippen molar-refractivity contribution in [3.05, 3.63) is 0 Å². The van der Waals surface area contributed by atoms with E-state index in [1.807, 2.05) is 0 Å². The summed E-state index contributed by atoms with van der Waals surface area (Å²) >= 11 is 0. The molecule has 0 heterocycles. The van der Waals surface area contributed by atoms with Crippen LogP contribution in [0.25, 0.3) is 0 Å². The summed E-state index contributed by atoms with van der Waals surface area (Å²) in [5, 5.41) is 8.87. The largest absolute Gasteiger partial charge is 0.391 e. The fourth-order valence-electron chi connectivity index (χ4n) is 0.504. The van der Waals surface area contributed by atoms with Gasteiger partial charge in [-0.2, -0.15) is 0 Å². The van der Waals surface area contributed by atoms with Crippen LogP contribution in [-0.2, 0) is 4.79 Å². The van der Waals surface area contributed by atoms with E-state index in [9.17, 15) is 4.79 Å². The number of rotatable bonds is 2. The summed E-state index contributed by atoms with van der Waals surface area (Å²) in [4.78, 5) is 12.3. The van der Waals surface area contributed by atoms with Gasteiger partial charge in [-0.1, -0.05) is 0 Å². The maximum Gasteiger partial charge on any atom is 0.241 e. The molecule has 10 heavy (non-hydrogen) atoms. The number of aliphatic hydroxyl groups excluding tert-OH is 1. The Bertz CT molecular complexity index is 123. The van der Waals surface area contributed by atoms with Crippen LogP contribution in [0.1, 0.15) is 6.92 Å². The number of carbonyl (C=O) groups is 1. The van der Waals surface area contributed by atoms with Crippen LogP contribution in [0.3, 0.4) is 0 Å². The van der Waals surface area contributed by atoms with Crippen LogP contribution in [-0.4, -0.2) is 42.2 Å². The Labute approximate surface area is 60.6 Å². The minimum atomic E-state index is -0.796. The molecule has 3 N–H and O–H groups in total. The zero-order valence-electron chi connectivity index (χ0n) is 6.53. The molecular formula is C6H14N2O2. The fraction of sp³-hybridized carbons (Fsp3) is 0.833. The van der Waals surface area contributed by atoms with Gasteiger partial charge in [0.1, 0.15) is 6.04 Å². The topological polar surface area (TPSA) is 66.6 Å². The third-order valence-corrected chi connectivity index (χ3v) is 1.25. The van der Waals surface area contributed by atoms with Gasteiger partial charge in [-0.05, 0) is 6.92 Å². The second-order valence-corrected chi connectivity index (χ2v) is 2.50. The lowest BCUT2D eigenvalue weighted by Gasteiger charge is -2.18. The minimum Gasteiger partial charge on any atom is -0.391 e. The van der Waals surface area contributed by atoms with Crippen LogP contribution in [0, 0.1) is 0 Å². The second kappa shape index (κ2) is 3.53. The summed E-state index contributed by atoms with van der Waals surface area (Å²) < 4.78 is 0. The van der Waals surface area contributed by atoms with Crippen LogP contribution in [0.5, 0.6) is 0 Å². The zero-order chi connectivity index (χ0) is 8.31. The lowest BCUT2D eigenvalue weighted by Crippen LogP contribution is -2.46. The maximum absolute atomic E-state index is 10.9. The smallest absolute Gasteiger partial charge is 0.241 e. The predicted octanol–water partition coefficient (Wildman–Crippen LogP) is -1.22. The van der Waals surface area contributed by atoms with Crippen molar-refractivity contribution in [3.8, 4) is 0 Å². The number of carbonyl (C=O) groups excluding carboxylic acids is 1. The van der Waals surface area contributed by atoms with Gasteiger partial charge in [0.05, 0.1) is 6.10 Å². The molecule has 4 nitrogen and oxygen atoms in total. The van der Waals surface area contributed by atoms with Crippen molar-refractivity contribution >= 4 is 5.91 Å². The van der Waals surface area contributed by atoms with Gasteiger partial charge in [-0.15, -0.1) is 0 Å². The molecule has 60 valence electrons.